The van der Waals surface area contributed by atoms with Crippen molar-refractivity contribution in [1.29, 1.82) is 0 Å². The Morgan fingerprint density at radius 2 is 0.440 bits per heavy atom. The fourth-order valence-electron chi connectivity index (χ4n) is 10.6. The van der Waals surface area contributed by atoms with Crippen LogP contribution in [-0.4, -0.2) is 37.2 Å². The van der Waals surface area contributed by atoms with E-state index in [1.54, 1.807) is 0 Å². The third-order valence-electron chi connectivity index (χ3n) is 15.8. The van der Waals surface area contributed by atoms with Gasteiger partial charge in [-0.05, 0) is 44.9 Å². The number of hydrogen-bond donors (Lipinski definition) is 0. The first-order valence-electron chi connectivity index (χ1n) is 34.2. The van der Waals surface area contributed by atoms with Gasteiger partial charge in [0.25, 0.3) is 0 Å². The second kappa shape index (κ2) is 64.7. The molecule has 0 N–H and O–H groups in total. The van der Waals surface area contributed by atoms with Gasteiger partial charge in [-0.15, -0.1) is 0 Å². The Labute approximate surface area is 469 Å². The van der Waals surface area contributed by atoms with Crippen molar-refractivity contribution in [3.8, 4) is 0 Å². The molecule has 0 heterocycles. The zero-order chi connectivity index (χ0) is 54.3. The lowest BCUT2D eigenvalue weighted by Crippen LogP contribution is -2.30. The molecule has 0 spiro atoms. The summed E-state index contributed by atoms with van der Waals surface area (Å²) in [6.45, 7) is 6.69. The molecule has 0 aliphatic carbocycles. The zero-order valence-corrected chi connectivity index (χ0v) is 51.1. The Morgan fingerprint density at radius 3 is 0.667 bits per heavy atom. The van der Waals surface area contributed by atoms with Crippen molar-refractivity contribution in [3.63, 3.8) is 0 Å². The molecule has 0 aliphatic heterocycles. The van der Waals surface area contributed by atoms with Gasteiger partial charge in [-0.3, -0.25) is 14.4 Å². The average Bonchev–Trinajstić information content (AvgIpc) is 3.41. The number of carbonyl (C=O) groups is 3. The zero-order valence-electron chi connectivity index (χ0n) is 51.1. The molecular weight excluding hydrogens is 925 g/mol. The first-order chi connectivity index (χ1) is 37.0. The third-order valence-corrected chi connectivity index (χ3v) is 15.8. The van der Waals surface area contributed by atoms with Gasteiger partial charge in [0.1, 0.15) is 13.2 Å². The summed E-state index contributed by atoms with van der Waals surface area (Å²) in [6, 6.07) is 0. The minimum Gasteiger partial charge on any atom is -0.462 e. The van der Waals surface area contributed by atoms with Gasteiger partial charge in [0.15, 0.2) is 6.10 Å². The molecule has 6 heteroatoms. The molecule has 75 heavy (non-hydrogen) atoms. The summed E-state index contributed by atoms with van der Waals surface area (Å²) >= 11 is 0. The van der Waals surface area contributed by atoms with Gasteiger partial charge in [-0.25, -0.2) is 0 Å². The summed E-state index contributed by atoms with van der Waals surface area (Å²) in [5, 5.41) is 0. The van der Waals surface area contributed by atoms with Crippen LogP contribution < -0.4 is 0 Å². The highest BCUT2D eigenvalue weighted by Gasteiger charge is 2.19. The lowest BCUT2D eigenvalue weighted by molar-refractivity contribution is -0.167. The summed E-state index contributed by atoms with van der Waals surface area (Å²) in [6.07, 6.45) is 76.9. The van der Waals surface area contributed by atoms with Crippen LogP contribution in [0.5, 0.6) is 0 Å². The molecule has 0 fully saturated rings. The minimum absolute atomic E-state index is 0.0673. The monoisotopic (exact) mass is 1060 g/mol. The maximum absolute atomic E-state index is 12.9. The highest BCUT2D eigenvalue weighted by molar-refractivity contribution is 5.71. The third kappa shape index (κ3) is 62.9. The molecule has 0 radical (unpaired) electrons. The van der Waals surface area contributed by atoms with Crippen LogP contribution in [-0.2, 0) is 28.6 Å². The molecule has 1 atom stereocenters. The van der Waals surface area contributed by atoms with E-state index in [-0.39, 0.29) is 31.1 Å². The summed E-state index contributed by atoms with van der Waals surface area (Å²) in [4.78, 5) is 38.2. The molecule has 0 aromatic rings. The summed E-state index contributed by atoms with van der Waals surface area (Å²) in [7, 11) is 0. The predicted octanol–water partition coefficient (Wildman–Crippen LogP) is 23.2. The van der Waals surface area contributed by atoms with E-state index in [9.17, 15) is 14.4 Å². The number of allylic oxidation sites excluding steroid dienone is 2. The van der Waals surface area contributed by atoms with E-state index >= 15 is 0 Å². The highest BCUT2D eigenvalue weighted by Crippen LogP contribution is 2.19. The Kier molecular flexibility index (Phi) is 63.1. The smallest absolute Gasteiger partial charge is 0.306 e. The van der Waals surface area contributed by atoms with Crippen LogP contribution in [0.3, 0.4) is 0 Å². The van der Waals surface area contributed by atoms with Gasteiger partial charge in [0.05, 0.1) is 0 Å². The fraction of sp³-hybridized carbons (Fsp3) is 0.928. The van der Waals surface area contributed by atoms with Crippen molar-refractivity contribution < 1.29 is 28.6 Å². The van der Waals surface area contributed by atoms with E-state index in [1.165, 1.54) is 289 Å². The van der Waals surface area contributed by atoms with Gasteiger partial charge in [-0.1, -0.05) is 341 Å². The molecular formula is C69H132O6. The Balaban J connectivity index is 4.04. The van der Waals surface area contributed by atoms with Crippen molar-refractivity contribution in [2.75, 3.05) is 13.2 Å². The van der Waals surface area contributed by atoms with Crippen molar-refractivity contribution in [3.05, 3.63) is 12.2 Å². The standard InChI is InChI=1S/C69H132O6/c1-4-7-10-13-16-19-22-24-26-28-29-30-31-32-33-34-35-36-37-38-39-40-41-42-44-45-47-50-53-56-59-62-68(71)74-65-66(64-73-67(70)61-58-55-52-49-21-18-15-12-9-6-3)75-69(72)63-60-57-54-51-48-46-43-27-25-23-20-17-14-11-8-5-2/h27,43,66H,4-26,28-42,44-65H2,1-3H3/b43-27-. The molecule has 6 nitrogen and oxygen atoms in total. The van der Waals surface area contributed by atoms with E-state index in [0.717, 1.165) is 64.2 Å². The SMILES string of the molecule is CCCCCCCCC/C=C\CCCCCCCC(=O)OC(COC(=O)CCCCCCCCCCCC)COC(=O)CCCCCCCCCCCCCCCCCCCCCCCCCCCCCCCCC. The van der Waals surface area contributed by atoms with Gasteiger partial charge >= 0.3 is 17.9 Å². The molecule has 0 aromatic heterocycles. The number of hydrogen-bond acceptors (Lipinski definition) is 6. The Bertz CT molecular complexity index is 1170. The second-order valence-electron chi connectivity index (χ2n) is 23.5. The Hall–Kier alpha value is -1.85. The minimum atomic E-state index is -0.769. The summed E-state index contributed by atoms with van der Waals surface area (Å²) < 4.78 is 16.9. The van der Waals surface area contributed by atoms with Gasteiger partial charge < -0.3 is 14.2 Å². The van der Waals surface area contributed by atoms with Gasteiger partial charge in [-0.2, -0.15) is 0 Å². The van der Waals surface area contributed by atoms with Gasteiger partial charge in [0, 0.05) is 19.3 Å². The number of esters is 3. The number of rotatable bonds is 64. The first kappa shape index (κ1) is 73.2. The van der Waals surface area contributed by atoms with E-state index in [0.29, 0.717) is 19.3 Å². The van der Waals surface area contributed by atoms with E-state index < -0.39 is 6.10 Å². The molecule has 0 aliphatic rings. The molecule has 0 amide bonds. The lowest BCUT2D eigenvalue weighted by Gasteiger charge is -2.18. The Morgan fingerprint density at radius 1 is 0.253 bits per heavy atom. The van der Waals surface area contributed by atoms with Crippen LogP contribution in [0.15, 0.2) is 12.2 Å². The molecule has 0 saturated heterocycles. The number of unbranched alkanes of at least 4 members (excludes halogenated alkanes) is 51. The van der Waals surface area contributed by atoms with E-state index in [1.807, 2.05) is 0 Å². The second-order valence-corrected chi connectivity index (χ2v) is 23.5. The van der Waals surface area contributed by atoms with Crippen LogP contribution >= 0.6 is 0 Å². The summed E-state index contributed by atoms with van der Waals surface area (Å²) in [5.74, 6) is -0.849. The quantitative estimate of drug-likeness (QED) is 0.0261. The summed E-state index contributed by atoms with van der Waals surface area (Å²) in [5.41, 5.74) is 0. The van der Waals surface area contributed by atoms with Crippen molar-refractivity contribution in [1.82, 2.24) is 0 Å². The van der Waals surface area contributed by atoms with Crippen LogP contribution in [0.2, 0.25) is 0 Å². The molecule has 444 valence electrons. The van der Waals surface area contributed by atoms with Crippen molar-refractivity contribution >= 4 is 17.9 Å². The highest BCUT2D eigenvalue weighted by atomic mass is 16.6. The predicted molar refractivity (Wildman–Crippen MR) is 326 cm³/mol. The van der Waals surface area contributed by atoms with Crippen molar-refractivity contribution in [2.45, 2.75) is 399 Å². The fourth-order valence-corrected chi connectivity index (χ4v) is 10.6. The van der Waals surface area contributed by atoms with E-state index in [2.05, 4.69) is 32.9 Å². The normalized spacial score (nSPS) is 12.0. The number of carbonyl (C=O) groups excluding carboxylic acids is 3. The van der Waals surface area contributed by atoms with Crippen LogP contribution in [0.4, 0.5) is 0 Å². The van der Waals surface area contributed by atoms with Crippen LogP contribution in [0.1, 0.15) is 393 Å². The maximum Gasteiger partial charge on any atom is 0.306 e. The average molecular weight is 1060 g/mol. The van der Waals surface area contributed by atoms with Crippen LogP contribution in [0.25, 0.3) is 0 Å². The van der Waals surface area contributed by atoms with Crippen LogP contribution in [0, 0.1) is 0 Å². The van der Waals surface area contributed by atoms with Gasteiger partial charge in [0.2, 0.25) is 0 Å². The molecule has 0 saturated carbocycles. The maximum atomic E-state index is 12.9. The van der Waals surface area contributed by atoms with Crippen molar-refractivity contribution in [2.24, 2.45) is 0 Å². The number of ether oxygens (including phenoxy) is 3. The molecule has 1 unspecified atom stereocenters. The molecule has 0 rings (SSSR count). The first-order valence-corrected chi connectivity index (χ1v) is 34.2. The lowest BCUT2D eigenvalue weighted by atomic mass is 10.0. The topological polar surface area (TPSA) is 78.9 Å². The largest absolute Gasteiger partial charge is 0.462 e. The molecule has 0 aromatic carbocycles. The van der Waals surface area contributed by atoms with E-state index in [4.69, 9.17) is 14.2 Å². The molecule has 0 bridgehead atoms.